The van der Waals surface area contributed by atoms with Crippen LogP contribution < -0.4 is 11.0 Å². The maximum absolute atomic E-state index is 12.3. The Morgan fingerprint density at radius 3 is 1.99 bits per heavy atom. The lowest BCUT2D eigenvalue weighted by Crippen LogP contribution is -2.36. The van der Waals surface area contributed by atoms with Crippen molar-refractivity contribution in [1.29, 1.82) is 0 Å². The molecule has 0 bridgehead atoms. The van der Waals surface area contributed by atoms with E-state index in [1.54, 1.807) is 77.7 Å². The molecule has 113 heavy (non-hydrogen) atoms. The van der Waals surface area contributed by atoms with Crippen molar-refractivity contribution < 1.29 is 19.2 Å². The molecule has 2 aliphatic rings. The van der Waals surface area contributed by atoms with Crippen molar-refractivity contribution in [2.24, 2.45) is 23.2 Å². The largest absolute Gasteiger partial charge is 0.504 e. The number of nitro groups is 1. The van der Waals surface area contributed by atoms with Crippen LogP contribution in [-0.4, -0.2) is 87.2 Å². The molecule has 1 aliphatic heterocycles. The van der Waals surface area contributed by atoms with Gasteiger partial charge >= 0.3 is 0 Å². The third-order valence-corrected chi connectivity index (χ3v) is 21.6. The molecule has 1 aliphatic carbocycles. The summed E-state index contributed by atoms with van der Waals surface area (Å²) in [5.74, 6) is 2.48. The van der Waals surface area contributed by atoms with Crippen LogP contribution in [0.4, 0.5) is 16.4 Å². The molecule has 1 saturated heterocycles. The summed E-state index contributed by atoms with van der Waals surface area (Å²) in [6, 6.07) is 69.3. The molecule has 560 valence electrons. The normalized spacial score (nSPS) is 13.2. The van der Waals surface area contributed by atoms with Crippen molar-refractivity contribution in [2.45, 2.75) is 32.2 Å². The van der Waals surface area contributed by atoms with Crippen LogP contribution in [0.5, 0.6) is 5.75 Å². The van der Waals surface area contributed by atoms with E-state index in [2.05, 4.69) is 111 Å². The average molecular weight is 1680 g/mol. The van der Waals surface area contributed by atoms with Crippen LogP contribution in [0.15, 0.2) is 324 Å². The second-order valence-corrected chi connectivity index (χ2v) is 30.2. The molecule has 2 atom stereocenters. The zero-order valence-electron chi connectivity index (χ0n) is 60.4. The summed E-state index contributed by atoms with van der Waals surface area (Å²) in [6.45, 7) is 2.82. The number of hydrogen-bond donors (Lipinski definition) is 3. The van der Waals surface area contributed by atoms with E-state index in [0.717, 1.165) is 123 Å². The summed E-state index contributed by atoms with van der Waals surface area (Å²) >= 11 is 11.2. The van der Waals surface area contributed by atoms with Crippen LogP contribution in [0.2, 0.25) is 0 Å². The van der Waals surface area contributed by atoms with E-state index in [1.807, 2.05) is 221 Å². The van der Waals surface area contributed by atoms with Crippen LogP contribution in [0.3, 0.4) is 0 Å². The van der Waals surface area contributed by atoms with Gasteiger partial charge in [0.05, 0.1) is 77.1 Å². The minimum Gasteiger partial charge on any atom is -0.504 e. The van der Waals surface area contributed by atoms with Crippen molar-refractivity contribution in [3.8, 4) is 51.2 Å². The first kappa shape index (κ1) is 76.8. The van der Waals surface area contributed by atoms with Gasteiger partial charge in [0, 0.05) is 135 Å². The molecule has 27 heteroatoms. The van der Waals surface area contributed by atoms with Crippen LogP contribution >= 0.6 is 65.9 Å². The molecule has 0 spiro atoms. The molecule has 12 heterocycles. The minimum atomic E-state index is -0.402. The number of amides is 1. The number of aromatic amines is 2. The van der Waals surface area contributed by atoms with Gasteiger partial charge < -0.3 is 29.0 Å². The van der Waals surface area contributed by atoms with E-state index in [0.29, 0.717) is 39.0 Å². The Hall–Kier alpha value is -12.9. The Bertz CT molecular complexity index is 6380. The van der Waals surface area contributed by atoms with Crippen molar-refractivity contribution in [2.75, 3.05) is 6.54 Å². The second kappa shape index (κ2) is 36.3. The Balaban J connectivity index is 0.000000113. The summed E-state index contributed by atoms with van der Waals surface area (Å²) in [5, 5.41) is 37.1. The quantitative estimate of drug-likeness (QED) is 0.0582. The van der Waals surface area contributed by atoms with E-state index in [-0.39, 0.29) is 34.4 Å². The number of fused-ring (bicyclic) bond motifs is 6. The zero-order valence-corrected chi connectivity index (χ0v) is 66.0. The van der Waals surface area contributed by atoms with Gasteiger partial charge in [0.2, 0.25) is 5.78 Å². The molecular formula is C86H67Br2N15O7S3. The number of hydrogen-bond acceptors (Lipinski definition) is 19. The van der Waals surface area contributed by atoms with Crippen LogP contribution in [-0.2, 0) is 19.9 Å². The number of furan rings is 1. The van der Waals surface area contributed by atoms with E-state index in [9.17, 15) is 29.6 Å². The van der Waals surface area contributed by atoms with E-state index in [1.165, 1.54) is 35.1 Å². The number of carbonyl (C=O) groups excluding carboxylic acids is 1. The predicted octanol–water partition coefficient (Wildman–Crippen LogP) is 20.8. The number of H-pyrrole nitrogens is 2. The zero-order chi connectivity index (χ0) is 78.2. The Kier molecular flexibility index (Phi) is 24.7. The first-order valence-corrected chi connectivity index (χ1v) is 39.6. The number of aromatic hydroxyl groups is 1. The number of nitro benzene ring substituents is 1. The fourth-order valence-electron chi connectivity index (χ4n) is 12.4. The van der Waals surface area contributed by atoms with Gasteiger partial charge in [-0.15, -0.1) is 44.2 Å². The van der Waals surface area contributed by atoms with Gasteiger partial charge in [0.25, 0.3) is 17.2 Å². The number of likely N-dealkylation sites (tertiary alicyclic amines) is 1. The fraction of sp³-hybridized carbons (Fsp3) is 0.0930. The summed E-state index contributed by atoms with van der Waals surface area (Å²) in [5.41, 5.74) is 12.9. The van der Waals surface area contributed by atoms with Crippen molar-refractivity contribution >= 4 is 126 Å². The highest BCUT2D eigenvalue weighted by atomic mass is 79.9. The number of rotatable bonds is 12. The molecule has 1 fully saturated rings. The number of allylic oxidation sites excluding steroid dienone is 2. The number of azo groups is 1. The Morgan fingerprint density at radius 2 is 1.32 bits per heavy atom. The molecule has 6 aromatic carbocycles. The molecule has 11 aromatic heterocycles. The summed E-state index contributed by atoms with van der Waals surface area (Å²) < 4.78 is 11.9. The number of aryl methyl sites for hydroxylation is 2. The smallest absolute Gasteiger partial charge is 0.290 e. The topological polar surface area (TPSA) is 287 Å². The second-order valence-electron chi connectivity index (χ2n) is 25.6. The lowest BCUT2D eigenvalue weighted by atomic mass is 9.96. The van der Waals surface area contributed by atoms with Crippen molar-refractivity contribution in [3.63, 3.8) is 0 Å². The fourth-order valence-corrected chi connectivity index (χ4v) is 15.6. The number of non-ortho nitro benzene ring substituents is 1. The maximum Gasteiger partial charge on any atom is 0.290 e. The maximum atomic E-state index is 12.3. The van der Waals surface area contributed by atoms with Crippen molar-refractivity contribution in [1.82, 2.24) is 58.7 Å². The lowest BCUT2D eigenvalue weighted by molar-refractivity contribution is -0.384. The van der Waals surface area contributed by atoms with E-state index >= 15 is 0 Å². The van der Waals surface area contributed by atoms with E-state index < -0.39 is 4.92 Å². The monoisotopic (exact) mass is 1680 g/mol. The highest BCUT2D eigenvalue weighted by Crippen LogP contribution is 2.44. The van der Waals surface area contributed by atoms with E-state index in [4.69, 9.17) is 4.42 Å². The van der Waals surface area contributed by atoms with Gasteiger partial charge in [0.1, 0.15) is 5.82 Å². The molecule has 3 N–H and O–H groups in total. The van der Waals surface area contributed by atoms with Crippen LogP contribution in [0, 0.1) is 23.0 Å². The van der Waals surface area contributed by atoms with Crippen LogP contribution in [0.25, 0.3) is 83.2 Å². The van der Waals surface area contributed by atoms with Gasteiger partial charge in [-0.05, 0) is 145 Å². The molecule has 2 unspecified atom stereocenters. The van der Waals surface area contributed by atoms with Gasteiger partial charge in [-0.1, -0.05) is 131 Å². The SMILES string of the molecule is Cc1ccc(-c2nc3ccccc3c(=O)[nH]2)cc1.Cn1c2ccccc2n2cc(-c3ccc([N+](=O)[O-])cc3)nc12.O=C(c1ccc(Br)o1)N1CCC2C=CC=CC21.O=c1cc[nH]c(Cc2nc(-c3ccccn3)cs2)c1.Oc1c(N=Nc2cccc(Br)c2)sc2ccccc12.c1ccc(Cc2nc(-c3ccccn3)cs2)nc1. The highest BCUT2D eigenvalue weighted by Gasteiger charge is 2.36. The third-order valence-electron chi connectivity index (χ3n) is 17.9. The van der Waals surface area contributed by atoms with Gasteiger partial charge in [0.15, 0.2) is 26.6 Å². The third kappa shape index (κ3) is 19.3. The van der Waals surface area contributed by atoms with Gasteiger partial charge in [-0.2, -0.15) is 0 Å². The molecule has 19 rings (SSSR count). The summed E-state index contributed by atoms with van der Waals surface area (Å²) in [4.78, 5) is 84.7. The molecular weight excluding hydrogens is 1610 g/mol. The molecule has 17 aromatic rings. The first-order chi connectivity index (χ1) is 55.1. The Labute approximate surface area is 675 Å². The molecule has 0 radical (unpaired) electrons. The number of para-hydroxylation sites is 3. The summed E-state index contributed by atoms with van der Waals surface area (Å²) in [7, 11) is 1.98. The number of halogens is 2. The number of nitrogens with one attached hydrogen (secondary N) is 2. The number of aromatic nitrogens is 11. The number of nitrogens with zero attached hydrogens (tertiary/aromatic N) is 13. The number of pyridine rings is 4. The minimum absolute atomic E-state index is 0.00950. The molecule has 0 saturated carbocycles. The van der Waals surface area contributed by atoms with Crippen LogP contribution in [0.1, 0.15) is 43.9 Å². The summed E-state index contributed by atoms with van der Waals surface area (Å²) in [6.07, 6.45) is 19.7. The number of thiazole rings is 2. The first-order valence-electron chi connectivity index (χ1n) is 35.4. The van der Waals surface area contributed by atoms with Gasteiger partial charge in [-0.25, -0.2) is 19.9 Å². The van der Waals surface area contributed by atoms with Crippen molar-refractivity contribution in [3.05, 3.63) is 363 Å². The number of carbonyl (C=O) groups is 1. The lowest BCUT2D eigenvalue weighted by Gasteiger charge is -2.24. The molecule has 22 nitrogen and oxygen atoms in total. The number of thiophene rings is 1. The highest BCUT2D eigenvalue weighted by molar-refractivity contribution is 9.10. The predicted molar refractivity (Wildman–Crippen MR) is 453 cm³/mol. The number of benzene rings is 6. The molecule has 1 amide bonds. The number of imidazole rings is 2. The standard InChI is InChI=1S/C16H12N4O2.C15H12N2O.C14H9BrN2OS.C14H11N3OS.C14H11N3S.C13H12BrNO2/c1-18-14-4-2-3-5-15(14)19-10-13(17-16(18)19)11-6-8-12(9-7-11)20(21)22;1-10-6-8-11(9-7-10)14-16-13-5-3-2-4-12(13)15(18)17-14;15-9-4-3-5-10(8-9)16-17-14-13(18)11-6-1-2-7-12(11)19-14;18-11-4-6-15-10(7-11)8-14-17-13(9-19-14)12-3-1-2-5-16-12;1-3-7-15-11(5-1)9-14-17-13(10-18-14)12-6-2-4-8-16-12;14-12-6-5-11(17-12)13(16)15-8-7-9-3-1-2-4-10(9)15/h2-10H,1H3;2-9H,1H3,(H,16,17,18);1-8,18H;1-7,9H,8H2,(H,15,18);1-8,10H,9H2;1-6,9-10H,7-8H2. The Morgan fingerprint density at radius 1 is 0.655 bits per heavy atom. The van der Waals surface area contributed by atoms with Gasteiger partial charge in [-0.3, -0.25) is 43.9 Å². The average Bonchev–Trinajstić information content (AvgIpc) is 1.61.